The first-order chi connectivity index (χ1) is 9.49. The topological polar surface area (TPSA) is 54.5 Å². The predicted octanol–water partition coefficient (Wildman–Crippen LogP) is 3.70. The molecule has 113 valence electrons. The Balaban J connectivity index is 0.000000436. The summed E-state index contributed by atoms with van der Waals surface area (Å²) in [5.41, 5.74) is 1.62. The van der Waals surface area contributed by atoms with E-state index in [1.807, 2.05) is 18.2 Å². The van der Waals surface area contributed by atoms with Crippen LogP contribution in [0, 0.1) is 11.9 Å². The molecule has 0 atom stereocenters. The number of aliphatic hydroxyl groups is 1. The maximum atomic E-state index is 12.6. The van der Waals surface area contributed by atoms with Crippen LogP contribution in [-0.4, -0.2) is 20.7 Å². The number of allylic oxidation sites excluding steroid dienone is 2. The van der Waals surface area contributed by atoms with E-state index in [4.69, 9.17) is 9.90 Å². The molecule has 0 bridgehead atoms. The molecule has 0 aliphatic carbocycles. The number of halogens is 1. The van der Waals surface area contributed by atoms with E-state index >= 15 is 0 Å². The van der Waals surface area contributed by atoms with Crippen LogP contribution in [0.15, 0.2) is 54.4 Å². The largest absolute Gasteiger partial charge is 0.512 e. The number of benzene rings is 1. The zero-order valence-electron chi connectivity index (χ0n) is 11.7. The second kappa shape index (κ2) is 9.97. The molecular formula is C16H16FIrNO2. The standard InChI is InChI=1S/C11H7FN.C5H8O2.Ir/c12-10-6-4-9(5-7-10)11-3-1-2-8-13-11;1-4(6)3-5(2)7;/h1-4,6-8H;3,6H,1-2H3;/q-1;;/p+1/b;4-3-;. The van der Waals surface area contributed by atoms with Gasteiger partial charge >= 0.3 is 5.78 Å². The predicted molar refractivity (Wildman–Crippen MR) is 77.5 cm³/mol. The van der Waals surface area contributed by atoms with Gasteiger partial charge in [-0.1, -0.05) is 12.1 Å². The van der Waals surface area contributed by atoms with Crippen molar-refractivity contribution in [2.75, 3.05) is 0 Å². The minimum absolute atomic E-state index is 0. The van der Waals surface area contributed by atoms with Crippen molar-refractivity contribution in [1.82, 2.24) is 4.98 Å². The molecule has 1 radical (unpaired) electrons. The molecule has 2 N–H and O–H groups in total. The van der Waals surface area contributed by atoms with Crippen molar-refractivity contribution < 1.29 is 34.4 Å². The van der Waals surface area contributed by atoms with E-state index in [1.54, 1.807) is 12.3 Å². The van der Waals surface area contributed by atoms with Gasteiger partial charge in [-0.05, 0) is 18.7 Å². The van der Waals surface area contributed by atoms with Gasteiger partial charge in [-0.15, -0.1) is 29.8 Å². The van der Waals surface area contributed by atoms with Gasteiger partial charge in [0.05, 0.1) is 18.8 Å². The van der Waals surface area contributed by atoms with E-state index in [-0.39, 0.29) is 37.5 Å². The molecule has 0 fully saturated rings. The molecule has 1 heterocycles. The Morgan fingerprint density at radius 1 is 1.29 bits per heavy atom. The molecule has 3 nitrogen and oxygen atoms in total. The fourth-order valence-corrected chi connectivity index (χ4v) is 1.39. The Morgan fingerprint density at radius 2 is 2.00 bits per heavy atom. The molecule has 0 unspecified atom stereocenters. The number of aliphatic hydroxyl groups excluding tert-OH is 1. The maximum Gasteiger partial charge on any atom is 0.316 e. The van der Waals surface area contributed by atoms with Crippen LogP contribution in [0.3, 0.4) is 0 Å². The number of aromatic nitrogens is 1. The van der Waals surface area contributed by atoms with E-state index in [0.717, 1.165) is 11.3 Å². The monoisotopic (exact) mass is 466 g/mol. The van der Waals surface area contributed by atoms with E-state index in [2.05, 4.69) is 11.1 Å². The van der Waals surface area contributed by atoms with Gasteiger partial charge in [0, 0.05) is 32.1 Å². The fraction of sp³-hybridized carbons (Fsp3) is 0.125. The summed E-state index contributed by atoms with van der Waals surface area (Å²) in [6.07, 6.45) is 2.98. The smallest absolute Gasteiger partial charge is 0.316 e. The molecule has 0 saturated heterocycles. The molecule has 0 amide bonds. The number of hydrogen-bond donors (Lipinski definition) is 1. The number of rotatable bonds is 2. The third-order valence-corrected chi connectivity index (χ3v) is 2.13. The molecule has 5 heteroatoms. The summed E-state index contributed by atoms with van der Waals surface area (Å²) in [5, 5.41) is 8.40. The van der Waals surface area contributed by atoms with Crippen LogP contribution in [0.4, 0.5) is 4.39 Å². The Bertz CT molecular complexity index is 579. The van der Waals surface area contributed by atoms with Gasteiger partial charge in [0.25, 0.3) is 0 Å². The Kier molecular flexibility index (Phi) is 9.10. The molecule has 2 aromatic rings. The van der Waals surface area contributed by atoms with E-state index < -0.39 is 0 Å². The summed E-state index contributed by atoms with van der Waals surface area (Å²) in [7, 11) is 0. The Morgan fingerprint density at radius 3 is 2.38 bits per heavy atom. The summed E-state index contributed by atoms with van der Waals surface area (Å²) >= 11 is 0. The summed E-state index contributed by atoms with van der Waals surface area (Å²) in [4.78, 5) is 12.5. The zero-order valence-corrected chi connectivity index (χ0v) is 14.1. The first-order valence-corrected chi connectivity index (χ1v) is 5.97. The summed E-state index contributed by atoms with van der Waals surface area (Å²) < 4.78 is 12.6. The normalized spacial score (nSPS) is 9.95. The van der Waals surface area contributed by atoms with Gasteiger partial charge in [0.1, 0.15) is 0 Å². The molecule has 0 saturated carbocycles. The van der Waals surface area contributed by atoms with Crippen LogP contribution in [0.25, 0.3) is 11.3 Å². The third-order valence-electron chi connectivity index (χ3n) is 2.13. The van der Waals surface area contributed by atoms with Crippen molar-refractivity contribution in [3.63, 3.8) is 0 Å². The molecule has 1 aromatic carbocycles. The van der Waals surface area contributed by atoms with Crippen molar-refractivity contribution in [3.05, 3.63) is 66.3 Å². The molecule has 0 spiro atoms. The molecule has 0 aliphatic heterocycles. The number of ketones is 1. The number of pyridine rings is 1. The molecule has 2 rings (SSSR count). The second-order valence-corrected chi connectivity index (χ2v) is 4.06. The average molecular weight is 466 g/mol. The molecule has 21 heavy (non-hydrogen) atoms. The van der Waals surface area contributed by atoms with Crippen LogP contribution >= 0.6 is 0 Å². The number of carbonyl (C=O) groups excluding carboxylic acids is 1. The van der Waals surface area contributed by atoms with Crippen LogP contribution in [0.1, 0.15) is 13.8 Å². The number of hydrogen-bond acceptors (Lipinski definition) is 2. The minimum atomic E-state index is -0.278. The van der Waals surface area contributed by atoms with Crippen LogP contribution in [-0.2, 0) is 20.1 Å². The van der Waals surface area contributed by atoms with Crippen LogP contribution < -0.4 is 0 Å². The SMILES string of the molecule is CC(=[OH+])/C=C(/C)O.Fc1c[c-]c(-c2ccccn2)cc1.[Ir]. The van der Waals surface area contributed by atoms with E-state index in [1.165, 1.54) is 32.1 Å². The summed E-state index contributed by atoms with van der Waals surface area (Å²) in [5.74, 6) is -0.0281. The van der Waals surface area contributed by atoms with Gasteiger partial charge in [0.15, 0.2) is 0 Å². The van der Waals surface area contributed by atoms with Crippen molar-refractivity contribution in [2.45, 2.75) is 13.8 Å². The van der Waals surface area contributed by atoms with E-state index in [0.29, 0.717) is 0 Å². The molecular weight excluding hydrogens is 449 g/mol. The van der Waals surface area contributed by atoms with Gasteiger partial charge in [-0.25, -0.2) is 0 Å². The second-order valence-electron chi connectivity index (χ2n) is 4.06. The average Bonchev–Trinajstić information content (AvgIpc) is 2.40. The van der Waals surface area contributed by atoms with Gasteiger partial charge in [-0.2, -0.15) is 0 Å². The molecule has 0 aliphatic rings. The Hall–Kier alpha value is -1.84. The summed E-state index contributed by atoms with van der Waals surface area (Å²) in [6, 6.07) is 12.8. The van der Waals surface area contributed by atoms with Crippen molar-refractivity contribution >= 4 is 5.78 Å². The van der Waals surface area contributed by atoms with Crippen molar-refractivity contribution in [2.24, 2.45) is 0 Å². The quantitative estimate of drug-likeness (QED) is 0.318. The maximum absolute atomic E-state index is 12.6. The van der Waals surface area contributed by atoms with Gasteiger partial charge in [0.2, 0.25) is 0 Å². The first-order valence-electron chi connectivity index (χ1n) is 5.97. The van der Waals surface area contributed by atoms with Crippen LogP contribution in [0.2, 0.25) is 0 Å². The van der Waals surface area contributed by atoms with Gasteiger partial charge < -0.3 is 10.1 Å². The van der Waals surface area contributed by atoms with E-state index in [9.17, 15) is 4.39 Å². The fourth-order valence-electron chi connectivity index (χ4n) is 1.39. The number of nitrogens with zero attached hydrogens (tertiary/aromatic N) is 1. The zero-order chi connectivity index (χ0) is 15.0. The third kappa shape index (κ3) is 8.12. The van der Waals surface area contributed by atoms with Gasteiger partial charge in [-0.3, -0.25) is 9.18 Å². The molecule has 1 aromatic heterocycles. The van der Waals surface area contributed by atoms with Crippen LogP contribution in [0.5, 0.6) is 0 Å². The Labute approximate surface area is 136 Å². The first kappa shape index (κ1) is 19.2. The van der Waals surface area contributed by atoms with Crippen molar-refractivity contribution in [3.8, 4) is 11.3 Å². The summed E-state index contributed by atoms with van der Waals surface area (Å²) in [6.45, 7) is 3.00. The minimum Gasteiger partial charge on any atom is -0.512 e. The van der Waals surface area contributed by atoms with Crippen molar-refractivity contribution in [1.29, 1.82) is 0 Å².